The van der Waals surface area contributed by atoms with Gasteiger partial charge in [-0.1, -0.05) is 24.6 Å². The molecular formula is C12H14ClN. The highest BCUT2D eigenvalue weighted by Crippen LogP contribution is 2.30. The Kier molecular flexibility index (Phi) is 2.87. The van der Waals surface area contributed by atoms with E-state index in [0.717, 1.165) is 5.92 Å². The Morgan fingerprint density at radius 3 is 3.00 bits per heavy atom. The van der Waals surface area contributed by atoms with Crippen molar-refractivity contribution < 1.29 is 0 Å². The monoisotopic (exact) mass is 207 g/mol. The standard InChI is InChI=1S/C12H14ClN/c1-9-2-4-10(5-3-9)11-6-7-14-12(13)8-11/h4,6-9H,2-3,5H2,1H3. The van der Waals surface area contributed by atoms with Crippen molar-refractivity contribution in [2.45, 2.75) is 26.2 Å². The maximum atomic E-state index is 5.85. The van der Waals surface area contributed by atoms with Gasteiger partial charge in [0.25, 0.3) is 0 Å². The van der Waals surface area contributed by atoms with E-state index in [9.17, 15) is 0 Å². The first kappa shape index (κ1) is 9.72. The molecule has 0 spiro atoms. The number of allylic oxidation sites excluding steroid dienone is 2. The third-order valence-corrected chi connectivity index (χ3v) is 2.98. The highest BCUT2D eigenvalue weighted by Gasteiger charge is 2.11. The lowest BCUT2D eigenvalue weighted by Crippen LogP contribution is -2.00. The van der Waals surface area contributed by atoms with Crippen molar-refractivity contribution >= 4 is 17.2 Å². The minimum atomic E-state index is 0.585. The molecule has 0 N–H and O–H groups in total. The van der Waals surface area contributed by atoms with Crippen LogP contribution in [0, 0.1) is 5.92 Å². The molecule has 74 valence electrons. The van der Waals surface area contributed by atoms with Crippen molar-refractivity contribution in [2.24, 2.45) is 5.92 Å². The number of aromatic nitrogens is 1. The molecule has 1 unspecified atom stereocenters. The number of hydrogen-bond acceptors (Lipinski definition) is 1. The summed E-state index contributed by atoms with van der Waals surface area (Å²) in [7, 11) is 0. The molecule has 0 saturated heterocycles. The first-order valence-electron chi connectivity index (χ1n) is 5.06. The van der Waals surface area contributed by atoms with Gasteiger partial charge in [0.1, 0.15) is 5.15 Å². The van der Waals surface area contributed by atoms with Crippen LogP contribution in [0.25, 0.3) is 5.57 Å². The topological polar surface area (TPSA) is 12.9 Å². The molecule has 1 heterocycles. The SMILES string of the molecule is CC1CC=C(c2ccnc(Cl)c2)CC1. The lowest BCUT2D eigenvalue weighted by Gasteiger charge is -2.18. The number of rotatable bonds is 1. The van der Waals surface area contributed by atoms with E-state index in [1.807, 2.05) is 12.1 Å². The average molecular weight is 208 g/mol. The summed E-state index contributed by atoms with van der Waals surface area (Å²) in [4.78, 5) is 3.99. The zero-order valence-electron chi connectivity index (χ0n) is 8.33. The van der Waals surface area contributed by atoms with Crippen LogP contribution in [0.3, 0.4) is 0 Å². The van der Waals surface area contributed by atoms with E-state index in [2.05, 4.69) is 18.0 Å². The first-order valence-corrected chi connectivity index (χ1v) is 5.44. The summed E-state index contributed by atoms with van der Waals surface area (Å²) < 4.78 is 0. The van der Waals surface area contributed by atoms with Crippen LogP contribution in [0.2, 0.25) is 5.15 Å². The highest BCUT2D eigenvalue weighted by atomic mass is 35.5. The van der Waals surface area contributed by atoms with E-state index >= 15 is 0 Å². The van der Waals surface area contributed by atoms with Crippen LogP contribution < -0.4 is 0 Å². The zero-order chi connectivity index (χ0) is 9.97. The molecule has 1 aliphatic rings. The molecule has 1 nitrogen and oxygen atoms in total. The second-order valence-electron chi connectivity index (χ2n) is 3.98. The summed E-state index contributed by atoms with van der Waals surface area (Å²) in [6, 6.07) is 3.98. The maximum Gasteiger partial charge on any atom is 0.129 e. The van der Waals surface area contributed by atoms with Gasteiger partial charge in [-0.05, 0) is 48.4 Å². The van der Waals surface area contributed by atoms with E-state index in [1.165, 1.54) is 30.4 Å². The summed E-state index contributed by atoms with van der Waals surface area (Å²) >= 11 is 5.85. The fourth-order valence-corrected chi connectivity index (χ4v) is 2.00. The molecule has 1 aliphatic carbocycles. The molecule has 0 bridgehead atoms. The Morgan fingerprint density at radius 2 is 2.36 bits per heavy atom. The van der Waals surface area contributed by atoms with E-state index in [4.69, 9.17) is 11.6 Å². The molecule has 1 aromatic rings. The molecule has 1 atom stereocenters. The Labute approximate surface area is 89.8 Å². The van der Waals surface area contributed by atoms with Crippen molar-refractivity contribution in [2.75, 3.05) is 0 Å². The van der Waals surface area contributed by atoms with Crippen LogP contribution in [0.1, 0.15) is 31.7 Å². The van der Waals surface area contributed by atoms with Gasteiger partial charge in [0.2, 0.25) is 0 Å². The Bertz CT molecular complexity index is 357. The quantitative estimate of drug-likeness (QED) is 0.636. The van der Waals surface area contributed by atoms with Gasteiger partial charge < -0.3 is 0 Å². The summed E-state index contributed by atoms with van der Waals surface area (Å²) in [5.41, 5.74) is 2.66. The number of halogens is 1. The van der Waals surface area contributed by atoms with Crippen molar-refractivity contribution in [1.82, 2.24) is 4.98 Å². The summed E-state index contributed by atoms with van der Waals surface area (Å²) in [6.07, 6.45) is 7.75. The summed E-state index contributed by atoms with van der Waals surface area (Å²) in [5, 5.41) is 0.585. The zero-order valence-corrected chi connectivity index (χ0v) is 9.09. The lowest BCUT2D eigenvalue weighted by atomic mass is 9.88. The minimum absolute atomic E-state index is 0.585. The van der Waals surface area contributed by atoms with Crippen molar-refractivity contribution in [3.63, 3.8) is 0 Å². The second kappa shape index (κ2) is 4.14. The van der Waals surface area contributed by atoms with Gasteiger partial charge in [0.05, 0.1) is 0 Å². The normalized spacial score (nSPS) is 21.9. The Balaban J connectivity index is 2.23. The predicted molar refractivity (Wildman–Crippen MR) is 60.2 cm³/mol. The third-order valence-electron chi connectivity index (χ3n) is 2.77. The number of pyridine rings is 1. The molecule has 0 saturated carbocycles. The molecular weight excluding hydrogens is 194 g/mol. The molecule has 2 rings (SSSR count). The van der Waals surface area contributed by atoms with Crippen LogP contribution in [-0.4, -0.2) is 4.98 Å². The van der Waals surface area contributed by atoms with Crippen LogP contribution in [0.5, 0.6) is 0 Å². The third kappa shape index (κ3) is 2.16. The van der Waals surface area contributed by atoms with Crippen LogP contribution >= 0.6 is 11.6 Å². The molecule has 0 radical (unpaired) electrons. The van der Waals surface area contributed by atoms with Gasteiger partial charge in [-0.2, -0.15) is 0 Å². The van der Waals surface area contributed by atoms with Crippen LogP contribution in [0.15, 0.2) is 24.4 Å². The summed E-state index contributed by atoms with van der Waals surface area (Å²) in [5.74, 6) is 0.830. The van der Waals surface area contributed by atoms with Crippen LogP contribution in [0.4, 0.5) is 0 Å². The van der Waals surface area contributed by atoms with Crippen molar-refractivity contribution in [3.05, 3.63) is 35.1 Å². The largest absolute Gasteiger partial charge is 0.245 e. The molecule has 0 aliphatic heterocycles. The molecule has 2 heteroatoms. The molecule has 14 heavy (non-hydrogen) atoms. The Morgan fingerprint density at radius 1 is 1.50 bits per heavy atom. The summed E-state index contributed by atoms with van der Waals surface area (Å²) in [6.45, 7) is 2.30. The van der Waals surface area contributed by atoms with Gasteiger partial charge in [0, 0.05) is 6.20 Å². The fraction of sp³-hybridized carbons (Fsp3) is 0.417. The van der Waals surface area contributed by atoms with E-state index < -0.39 is 0 Å². The van der Waals surface area contributed by atoms with E-state index in [1.54, 1.807) is 6.20 Å². The molecule has 0 amide bonds. The van der Waals surface area contributed by atoms with E-state index in [0.29, 0.717) is 5.15 Å². The predicted octanol–water partition coefficient (Wildman–Crippen LogP) is 3.94. The molecule has 0 aromatic carbocycles. The number of hydrogen-bond donors (Lipinski definition) is 0. The minimum Gasteiger partial charge on any atom is -0.245 e. The van der Waals surface area contributed by atoms with Gasteiger partial charge in [-0.25, -0.2) is 4.98 Å². The lowest BCUT2D eigenvalue weighted by molar-refractivity contribution is 0.534. The fourth-order valence-electron chi connectivity index (χ4n) is 1.83. The van der Waals surface area contributed by atoms with Gasteiger partial charge >= 0.3 is 0 Å². The van der Waals surface area contributed by atoms with Gasteiger partial charge in [0.15, 0.2) is 0 Å². The van der Waals surface area contributed by atoms with E-state index in [-0.39, 0.29) is 0 Å². The maximum absolute atomic E-state index is 5.85. The number of nitrogens with zero attached hydrogens (tertiary/aromatic N) is 1. The molecule has 1 aromatic heterocycles. The Hall–Kier alpha value is -0.820. The van der Waals surface area contributed by atoms with Gasteiger partial charge in [-0.3, -0.25) is 0 Å². The van der Waals surface area contributed by atoms with Gasteiger partial charge in [-0.15, -0.1) is 0 Å². The average Bonchev–Trinajstić information content (AvgIpc) is 2.19. The smallest absolute Gasteiger partial charge is 0.129 e. The van der Waals surface area contributed by atoms with Crippen molar-refractivity contribution in [1.29, 1.82) is 0 Å². The second-order valence-corrected chi connectivity index (χ2v) is 4.36. The van der Waals surface area contributed by atoms with Crippen molar-refractivity contribution in [3.8, 4) is 0 Å². The molecule has 0 fully saturated rings. The van der Waals surface area contributed by atoms with Crippen LogP contribution in [-0.2, 0) is 0 Å². The highest BCUT2D eigenvalue weighted by molar-refractivity contribution is 6.29. The first-order chi connectivity index (χ1) is 6.75.